The maximum absolute atomic E-state index is 13.9. The van der Waals surface area contributed by atoms with E-state index in [9.17, 15) is 9.59 Å². The molecule has 18 nitrogen and oxygen atoms in total. The van der Waals surface area contributed by atoms with E-state index in [0.717, 1.165) is 50.7 Å². The second kappa shape index (κ2) is 18.8. The van der Waals surface area contributed by atoms with Crippen molar-refractivity contribution in [2.45, 2.75) is 60.3 Å². The fourth-order valence-corrected chi connectivity index (χ4v) is 7.57. The number of nitrogens with zero attached hydrogens (tertiary/aromatic N) is 9. The molecule has 6 aromatic rings. The van der Waals surface area contributed by atoms with E-state index in [2.05, 4.69) is 38.9 Å². The molecule has 1 fully saturated rings. The van der Waals surface area contributed by atoms with Gasteiger partial charge in [0.25, 0.3) is 11.8 Å². The molecule has 2 aromatic carbocycles. The average Bonchev–Trinajstić information content (AvgIpc) is 4.03. The van der Waals surface area contributed by atoms with E-state index in [1.54, 1.807) is 34.7 Å². The zero-order valence-electron chi connectivity index (χ0n) is 36.0. The molecule has 1 saturated heterocycles. The Labute approximate surface area is 359 Å². The minimum atomic E-state index is -0.364. The topological polar surface area (TPSA) is 212 Å². The predicted molar refractivity (Wildman–Crippen MR) is 240 cm³/mol. The van der Waals surface area contributed by atoms with Crippen LogP contribution in [0.3, 0.4) is 0 Å². The number of hydrogen-bond acceptors (Lipinski definition) is 12. The van der Waals surface area contributed by atoms with Crippen molar-refractivity contribution in [2.75, 3.05) is 57.2 Å². The van der Waals surface area contributed by atoms with E-state index < -0.39 is 0 Å². The molecule has 6 N–H and O–H groups in total. The van der Waals surface area contributed by atoms with Crippen molar-refractivity contribution in [3.8, 4) is 11.5 Å². The van der Waals surface area contributed by atoms with Crippen LogP contribution in [-0.4, -0.2) is 102 Å². The van der Waals surface area contributed by atoms with Crippen molar-refractivity contribution < 1.29 is 23.8 Å². The van der Waals surface area contributed by atoms with Crippen LogP contribution in [0.5, 0.6) is 11.5 Å². The fourth-order valence-electron chi connectivity index (χ4n) is 7.57. The van der Waals surface area contributed by atoms with Crippen LogP contribution in [-0.2, 0) is 30.9 Å². The molecule has 1 aliphatic heterocycles. The summed E-state index contributed by atoms with van der Waals surface area (Å²) in [5, 5.41) is 15.0. The molecule has 0 saturated carbocycles. The normalized spacial score (nSPS) is 13.3. The Kier molecular flexibility index (Phi) is 13.1. The number of nitrogens with two attached hydrogens (primary N) is 2. The molecule has 0 atom stereocenters. The van der Waals surface area contributed by atoms with Gasteiger partial charge in [-0.05, 0) is 70.5 Å². The maximum Gasteiger partial charge on any atom is 0.276 e. The average molecular weight is 846 g/mol. The van der Waals surface area contributed by atoms with Crippen molar-refractivity contribution >= 4 is 57.2 Å². The number of aryl methyl sites for hydroxylation is 4. The van der Waals surface area contributed by atoms with Crippen molar-refractivity contribution in [1.29, 1.82) is 0 Å². The third-order valence-electron chi connectivity index (χ3n) is 10.6. The first-order valence-corrected chi connectivity index (χ1v) is 20.7. The van der Waals surface area contributed by atoms with Gasteiger partial charge in [-0.2, -0.15) is 10.2 Å². The monoisotopic (exact) mass is 845 g/mol. The number of rotatable bonds is 18. The highest BCUT2D eigenvalue weighted by atomic mass is 16.5. The standard InChI is InChI=1S/C44H55N13O5/c1-8-56-35(21-27(3)51-56)41(58)49-43-47-33-23-31(29(5)45)25-37(60-7)39(33)54(43)14-10-11-15-55-40-34(48-44(55)50-42(59)36-22-28(4)52-57(36)9-2)24-32(30(6)46)26-38(40)62-18-12-13-53-16-19-61-20-17-53/h10-11,21-26H,5-6,8-9,12-20,45-46H2,1-4,7H3,(H,47,49,58)(H,48,50,59)/b11-10+. The molecule has 326 valence electrons. The Morgan fingerprint density at radius 3 is 1.73 bits per heavy atom. The van der Waals surface area contributed by atoms with Crippen LogP contribution in [0.25, 0.3) is 33.5 Å². The van der Waals surface area contributed by atoms with Crippen LogP contribution in [0.1, 0.15) is 63.8 Å². The summed E-state index contributed by atoms with van der Waals surface area (Å²) in [6.45, 7) is 21.5. The Morgan fingerprint density at radius 1 is 0.774 bits per heavy atom. The third-order valence-corrected chi connectivity index (χ3v) is 10.6. The minimum Gasteiger partial charge on any atom is -0.494 e. The summed E-state index contributed by atoms with van der Waals surface area (Å²) < 4.78 is 24.9. The lowest BCUT2D eigenvalue weighted by Gasteiger charge is -2.26. The van der Waals surface area contributed by atoms with Gasteiger partial charge >= 0.3 is 0 Å². The van der Waals surface area contributed by atoms with Gasteiger partial charge in [0, 0.05) is 68.3 Å². The molecule has 0 spiro atoms. The van der Waals surface area contributed by atoms with E-state index in [4.69, 9.17) is 35.6 Å². The molecule has 0 radical (unpaired) electrons. The Balaban J connectivity index is 1.25. The van der Waals surface area contributed by atoms with Gasteiger partial charge in [0.2, 0.25) is 11.9 Å². The first-order valence-electron chi connectivity index (χ1n) is 20.7. The quantitative estimate of drug-likeness (QED) is 0.0653. The highest BCUT2D eigenvalue weighted by Crippen LogP contribution is 2.34. The second-order valence-corrected chi connectivity index (χ2v) is 15.0. The van der Waals surface area contributed by atoms with E-state index in [1.807, 2.05) is 67.2 Å². The third kappa shape index (κ3) is 9.20. The molecule has 4 aromatic heterocycles. The van der Waals surface area contributed by atoms with E-state index in [1.165, 1.54) is 0 Å². The first-order chi connectivity index (χ1) is 29.9. The number of ether oxygens (including phenoxy) is 3. The van der Waals surface area contributed by atoms with E-state index in [-0.39, 0.29) is 24.9 Å². The molecule has 2 amide bonds. The van der Waals surface area contributed by atoms with Crippen molar-refractivity contribution in [2.24, 2.45) is 11.5 Å². The first kappa shape index (κ1) is 43.2. The molecule has 5 heterocycles. The summed E-state index contributed by atoms with van der Waals surface area (Å²) in [4.78, 5) is 39.7. The number of imidazole rings is 2. The molecule has 0 bridgehead atoms. The number of carbonyl (C=O) groups is 2. The lowest BCUT2D eigenvalue weighted by molar-refractivity contribution is 0.0358. The maximum atomic E-state index is 13.9. The van der Waals surface area contributed by atoms with E-state index >= 15 is 0 Å². The number of fused-ring (bicyclic) bond motifs is 2. The van der Waals surface area contributed by atoms with Crippen LogP contribution >= 0.6 is 0 Å². The predicted octanol–water partition coefficient (Wildman–Crippen LogP) is 5.17. The van der Waals surface area contributed by atoms with Gasteiger partial charge in [0.1, 0.15) is 33.9 Å². The van der Waals surface area contributed by atoms with Crippen LogP contribution in [0.15, 0.2) is 61.7 Å². The summed E-state index contributed by atoms with van der Waals surface area (Å²) >= 11 is 0. The Hall–Kier alpha value is -6.92. The molecule has 18 heteroatoms. The number of amides is 2. The zero-order chi connectivity index (χ0) is 44.1. The molecular weight excluding hydrogens is 791 g/mol. The molecule has 0 aliphatic carbocycles. The minimum absolute atomic E-state index is 0.267. The summed E-state index contributed by atoms with van der Waals surface area (Å²) in [5.74, 6) is 0.920. The Bertz CT molecular complexity index is 2680. The lowest BCUT2D eigenvalue weighted by Crippen LogP contribution is -2.37. The Morgan fingerprint density at radius 2 is 1.26 bits per heavy atom. The SMILES string of the molecule is C=C(N)c1cc(OC)c2c(c1)nc(NC(=O)c1cc(C)nn1CC)n2C/C=C/Cn1c(NC(=O)c2cc(C)nn2CC)nc2cc(C(=C)N)cc(OCCCN3CCOCC3)c21. The summed E-state index contributed by atoms with van der Waals surface area (Å²) in [6, 6.07) is 10.8. The number of methoxy groups -OCH3 is 1. The van der Waals surface area contributed by atoms with Crippen molar-refractivity contribution in [1.82, 2.24) is 43.6 Å². The number of allylic oxidation sites excluding steroid dienone is 2. The molecular formula is C44H55N13O5. The number of morpholine rings is 1. The smallest absolute Gasteiger partial charge is 0.276 e. The number of hydrogen-bond donors (Lipinski definition) is 4. The highest BCUT2D eigenvalue weighted by molar-refractivity contribution is 6.04. The summed E-state index contributed by atoms with van der Waals surface area (Å²) in [7, 11) is 1.56. The van der Waals surface area contributed by atoms with Crippen LogP contribution in [0.4, 0.5) is 11.9 Å². The van der Waals surface area contributed by atoms with Crippen molar-refractivity contribution in [3.05, 3.63) is 95.6 Å². The molecule has 0 unspecified atom stereocenters. The van der Waals surface area contributed by atoms with Crippen LogP contribution in [0, 0.1) is 13.8 Å². The lowest BCUT2D eigenvalue weighted by atomic mass is 10.1. The van der Waals surface area contributed by atoms with Gasteiger partial charge in [0.05, 0.1) is 49.4 Å². The van der Waals surface area contributed by atoms with Gasteiger partial charge in [0.15, 0.2) is 0 Å². The number of anilines is 2. The number of benzene rings is 2. The van der Waals surface area contributed by atoms with E-state index in [0.29, 0.717) is 99.1 Å². The van der Waals surface area contributed by atoms with Crippen molar-refractivity contribution in [3.63, 3.8) is 0 Å². The number of aromatic nitrogens is 8. The molecule has 1 aliphatic rings. The summed E-state index contributed by atoms with van der Waals surface area (Å²) in [6.07, 6.45) is 4.68. The number of carbonyl (C=O) groups excluding carboxylic acids is 2. The molecule has 62 heavy (non-hydrogen) atoms. The van der Waals surface area contributed by atoms with Gasteiger partial charge in [-0.1, -0.05) is 25.3 Å². The second-order valence-electron chi connectivity index (χ2n) is 15.0. The fraction of sp³-hybridized carbons (Fsp3) is 0.364. The zero-order valence-corrected chi connectivity index (χ0v) is 36.0. The van der Waals surface area contributed by atoms with Crippen LogP contribution < -0.4 is 31.6 Å². The summed E-state index contributed by atoms with van der Waals surface area (Å²) in [5.41, 5.74) is 19.0. The highest BCUT2D eigenvalue weighted by Gasteiger charge is 2.23. The van der Waals surface area contributed by atoms with Crippen LogP contribution in [0.2, 0.25) is 0 Å². The van der Waals surface area contributed by atoms with Gasteiger partial charge in [-0.3, -0.25) is 34.5 Å². The van der Waals surface area contributed by atoms with Gasteiger partial charge in [-0.25, -0.2) is 9.97 Å². The number of nitrogens with one attached hydrogen (secondary N) is 2. The largest absolute Gasteiger partial charge is 0.494 e. The van der Waals surface area contributed by atoms with Gasteiger partial charge in [-0.15, -0.1) is 0 Å². The molecule has 7 rings (SSSR count). The van der Waals surface area contributed by atoms with Gasteiger partial charge < -0.3 is 34.8 Å².